The van der Waals surface area contributed by atoms with Crippen molar-refractivity contribution in [3.05, 3.63) is 47.0 Å². The van der Waals surface area contributed by atoms with Crippen molar-refractivity contribution < 1.29 is 15.3 Å². The minimum atomic E-state index is -0.291. The average Bonchev–Trinajstić information content (AvgIpc) is 2.80. The van der Waals surface area contributed by atoms with Crippen LogP contribution in [0.1, 0.15) is 104 Å². The molecule has 0 aliphatic heterocycles. The third kappa shape index (κ3) is 8.65. The molecular weight excluding hydrogens is 420 g/mol. The molecule has 0 radical (unpaired) electrons. The Morgan fingerprint density at radius 1 is 0.765 bits per heavy atom. The van der Waals surface area contributed by atoms with Crippen LogP contribution in [0.15, 0.2) is 35.9 Å². The van der Waals surface area contributed by atoms with Gasteiger partial charge in [0.2, 0.25) is 0 Å². The maximum absolute atomic E-state index is 10.8. The summed E-state index contributed by atoms with van der Waals surface area (Å²) in [4.78, 5) is 0. The van der Waals surface area contributed by atoms with Crippen LogP contribution in [0.25, 0.3) is 10.8 Å². The zero-order valence-electron chi connectivity index (χ0n) is 22.2. The predicted molar refractivity (Wildman–Crippen MR) is 145 cm³/mol. The van der Waals surface area contributed by atoms with Gasteiger partial charge >= 0.3 is 0 Å². The molecule has 0 bridgehead atoms. The Bertz CT molecular complexity index is 913. The van der Waals surface area contributed by atoms with Gasteiger partial charge in [-0.15, -0.1) is 0 Å². The number of hydrogen-bond donors (Lipinski definition) is 3. The molecule has 2 atom stereocenters. The van der Waals surface area contributed by atoms with Gasteiger partial charge in [-0.3, -0.25) is 0 Å². The van der Waals surface area contributed by atoms with E-state index >= 15 is 0 Å². The fourth-order valence-corrected chi connectivity index (χ4v) is 4.98. The number of hydrogen-bond acceptors (Lipinski definition) is 3. The Morgan fingerprint density at radius 2 is 1.26 bits per heavy atom. The minimum Gasteiger partial charge on any atom is -0.507 e. The molecule has 3 N–H and O–H groups in total. The topological polar surface area (TPSA) is 60.7 Å². The van der Waals surface area contributed by atoms with Gasteiger partial charge in [-0.25, -0.2) is 0 Å². The number of aromatic hydroxyl groups is 2. The van der Waals surface area contributed by atoms with E-state index in [1.54, 1.807) is 12.1 Å². The summed E-state index contributed by atoms with van der Waals surface area (Å²) in [7, 11) is 0. The summed E-state index contributed by atoms with van der Waals surface area (Å²) in [5.74, 6) is 2.67. The summed E-state index contributed by atoms with van der Waals surface area (Å²) in [5, 5.41) is 32.4. The molecule has 0 aliphatic carbocycles. The first-order valence-electron chi connectivity index (χ1n) is 13.4. The second kappa shape index (κ2) is 14.4. The Balaban J connectivity index is 1.79. The van der Waals surface area contributed by atoms with E-state index in [4.69, 9.17) is 0 Å². The lowest BCUT2D eigenvalue weighted by atomic mass is 9.91. The highest BCUT2D eigenvalue weighted by Crippen LogP contribution is 2.40. The maximum atomic E-state index is 10.8. The highest BCUT2D eigenvalue weighted by atomic mass is 16.3. The molecule has 34 heavy (non-hydrogen) atoms. The summed E-state index contributed by atoms with van der Waals surface area (Å²) >= 11 is 0. The van der Waals surface area contributed by atoms with Crippen LogP contribution >= 0.6 is 0 Å². The third-order valence-corrected chi connectivity index (χ3v) is 7.33. The minimum absolute atomic E-state index is 0.0695. The molecular formula is C31H48O3. The number of aliphatic hydroxyl groups is 1. The van der Waals surface area contributed by atoms with E-state index in [0.717, 1.165) is 24.2 Å². The summed E-state index contributed by atoms with van der Waals surface area (Å²) in [6, 6.07) is 7.24. The van der Waals surface area contributed by atoms with Gasteiger partial charge in [0.15, 0.2) is 0 Å². The van der Waals surface area contributed by atoms with Crippen molar-refractivity contribution in [3.8, 4) is 11.5 Å². The normalized spacial score (nSPS) is 14.1. The highest BCUT2D eigenvalue weighted by molar-refractivity contribution is 5.95. The standard InChI is InChI=1S/C31H48O3/c1-22(2)11-8-12-23(3)13-9-14-24(4)15-10-16-25(5)19-20-28-29(21-32)31(34)27-18-7-6-17-26(27)30(28)33/h6-7,17-19,22-24,32-34H,8-16,20-21H2,1-5H3/b25-19+/t23-,24-/m1/s1. The van der Waals surface area contributed by atoms with Gasteiger partial charge in [0, 0.05) is 21.9 Å². The van der Waals surface area contributed by atoms with Crippen LogP contribution in [0.3, 0.4) is 0 Å². The average molecular weight is 469 g/mol. The molecule has 2 aromatic rings. The molecule has 3 heteroatoms. The van der Waals surface area contributed by atoms with Gasteiger partial charge in [-0.2, -0.15) is 0 Å². The van der Waals surface area contributed by atoms with Crippen molar-refractivity contribution in [2.45, 2.75) is 105 Å². The van der Waals surface area contributed by atoms with E-state index in [1.807, 2.05) is 12.1 Å². The second-order valence-electron chi connectivity index (χ2n) is 11.0. The number of rotatable bonds is 15. The van der Waals surface area contributed by atoms with Gasteiger partial charge in [-0.1, -0.05) is 109 Å². The van der Waals surface area contributed by atoms with E-state index < -0.39 is 0 Å². The Labute approximate surface area is 207 Å². The quantitative estimate of drug-likeness (QED) is 0.181. The molecule has 3 nitrogen and oxygen atoms in total. The van der Waals surface area contributed by atoms with E-state index in [0.29, 0.717) is 28.3 Å². The van der Waals surface area contributed by atoms with Crippen LogP contribution in [-0.2, 0) is 13.0 Å². The molecule has 0 aromatic heterocycles. The molecule has 0 unspecified atom stereocenters. The van der Waals surface area contributed by atoms with Crippen LogP contribution in [0, 0.1) is 17.8 Å². The summed E-state index contributed by atoms with van der Waals surface area (Å²) in [6.07, 6.45) is 14.2. The summed E-state index contributed by atoms with van der Waals surface area (Å²) in [5.41, 5.74) is 2.34. The Hall–Kier alpha value is -2.00. The van der Waals surface area contributed by atoms with E-state index in [-0.39, 0.29) is 18.1 Å². The van der Waals surface area contributed by atoms with Gasteiger partial charge in [0.1, 0.15) is 11.5 Å². The number of aliphatic hydroxyl groups excluding tert-OH is 1. The lowest BCUT2D eigenvalue weighted by molar-refractivity contribution is 0.274. The van der Waals surface area contributed by atoms with Crippen LogP contribution in [0.4, 0.5) is 0 Å². The Morgan fingerprint density at radius 3 is 1.79 bits per heavy atom. The molecule has 2 aromatic carbocycles. The van der Waals surface area contributed by atoms with Gasteiger partial charge in [0.05, 0.1) is 6.61 Å². The van der Waals surface area contributed by atoms with Gasteiger partial charge in [0.25, 0.3) is 0 Å². The molecule has 0 fully saturated rings. The van der Waals surface area contributed by atoms with Crippen LogP contribution in [0.2, 0.25) is 0 Å². The zero-order valence-corrected chi connectivity index (χ0v) is 22.2. The molecule has 0 amide bonds. The first-order chi connectivity index (χ1) is 16.2. The molecule has 2 rings (SSSR count). The number of phenols is 2. The fraction of sp³-hybridized carbons (Fsp3) is 0.613. The maximum Gasteiger partial charge on any atom is 0.129 e. The smallest absolute Gasteiger partial charge is 0.129 e. The molecule has 0 heterocycles. The molecule has 0 spiro atoms. The molecule has 190 valence electrons. The van der Waals surface area contributed by atoms with Crippen molar-refractivity contribution >= 4 is 10.8 Å². The predicted octanol–water partition coefficient (Wildman–Crippen LogP) is 8.67. The van der Waals surface area contributed by atoms with Crippen LogP contribution < -0.4 is 0 Å². The highest BCUT2D eigenvalue weighted by Gasteiger charge is 2.17. The summed E-state index contributed by atoms with van der Waals surface area (Å²) < 4.78 is 0. The van der Waals surface area contributed by atoms with Crippen molar-refractivity contribution in [3.63, 3.8) is 0 Å². The Kier molecular flexibility index (Phi) is 12.0. The van der Waals surface area contributed by atoms with Crippen molar-refractivity contribution in [2.75, 3.05) is 0 Å². The SMILES string of the molecule is C/C(=C\Cc1c(CO)c(O)c2ccccc2c1O)CCC[C@H](C)CCC[C@H](C)CCCC(C)C. The molecule has 0 saturated heterocycles. The largest absolute Gasteiger partial charge is 0.507 e. The fourth-order valence-electron chi connectivity index (χ4n) is 4.98. The van der Waals surface area contributed by atoms with E-state index in [2.05, 4.69) is 40.7 Å². The van der Waals surface area contributed by atoms with Crippen LogP contribution in [-0.4, -0.2) is 15.3 Å². The van der Waals surface area contributed by atoms with Crippen LogP contribution in [0.5, 0.6) is 11.5 Å². The zero-order chi connectivity index (χ0) is 25.1. The lowest BCUT2D eigenvalue weighted by Crippen LogP contribution is -2.00. The van der Waals surface area contributed by atoms with Crippen molar-refractivity contribution in [1.82, 2.24) is 0 Å². The first kappa shape index (κ1) is 28.2. The summed E-state index contributed by atoms with van der Waals surface area (Å²) in [6.45, 7) is 11.3. The third-order valence-electron chi connectivity index (χ3n) is 7.33. The number of allylic oxidation sites excluding steroid dienone is 2. The number of fused-ring (bicyclic) bond motifs is 1. The van der Waals surface area contributed by atoms with Gasteiger partial charge in [-0.05, 0) is 43.9 Å². The number of benzene rings is 2. The monoisotopic (exact) mass is 468 g/mol. The lowest BCUT2D eigenvalue weighted by Gasteiger charge is -2.15. The second-order valence-corrected chi connectivity index (χ2v) is 11.0. The first-order valence-corrected chi connectivity index (χ1v) is 13.4. The molecule has 0 aliphatic rings. The number of phenolic OH excluding ortho intramolecular Hbond substituents is 1. The van der Waals surface area contributed by atoms with Gasteiger partial charge < -0.3 is 15.3 Å². The molecule has 0 saturated carbocycles. The van der Waals surface area contributed by atoms with Crippen molar-refractivity contribution in [2.24, 2.45) is 17.8 Å². The van der Waals surface area contributed by atoms with Crippen molar-refractivity contribution in [1.29, 1.82) is 0 Å². The van der Waals surface area contributed by atoms with E-state index in [1.165, 1.54) is 56.9 Å². The van der Waals surface area contributed by atoms with E-state index in [9.17, 15) is 15.3 Å².